The summed E-state index contributed by atoms with van der Waals surface area (Å²) in [5.41, 5.74) is 1.22. The molecule has 4 rings (SSSR count). The quantitative estimate of drug-likeness (QED) is 0.723. The lowest BCUT2D eigenvalue weighted by Crippen LogP contribution is -2.33. The van der Waals surface area contributed by atoms with Crippen LogP contribution in [0.25, 0.3) is 5.69 Å². The molecule has 1 unspecified atom stereocenters. The van der Waals surface area contributed by atoms with Crippen molar-refractivity contribution < 1.29 is 9.21 Å². The number of aromatic nitrogens is 3. The summed E-state index contributed by atoms with van der Waals surface area (Å²) in [4.78, 5) is 16.1. The van der Waals surface area contributed by atoms with Gasteiger partial charge in [-0.05, 0) is 30.7 Å². The molecule has 1 atom stereocenters. The van der Waals surface area contributed by atoms with Crippen LogP contribution in [0.5, 0.6) is 0 Å². The lowest BCUT2D eigenvalue weighted by Gasteiger charge is -2.18. The number of hydrogen-bond donors (Lipinski definition) is 0. The second-order valence-corrected chi connectivity index (χ2v) is 7.12. The highest BCUT2D eigenvalue weighted by Crippen LogP contribution is 2.34. The van der Waals surface area contributed by atoms with E-state index in [1.807, 2.05) is 59.1 Å². The van der Waals surface area contributed by atoms with Crippen LogP contribution < -0.4 is 0 Å². The van der Waals surface area contributed by atoms with Gasteiger partial charge in [0.15, 0.2) is 5.69 Å². The van der Waals surface area contributed by atoms with E-state index in [2.05, 4.69) is 10.2 Å². The molecule has 7 heteroatoms. The van der Waals surface area contributed by atoms with Crippen LogP contribution in [0.15, 0.2) is 59.3 Å². The predicted molar refractivity (Wildman–Crippen MR) is 95.8 cm³/mol. The summed E-state index contributed by atoms with van der Waals surface area (Å²) >= 11 is 1.83. The third-order valence-corrected chi connectivity index (χ3v) is 5.48. The number of carbonyl (C=O) groups is 1. The molecule has 128 valence electrons. The van der Waals surface area contributed by atoms with Crippen molar-refractivity contribution >= 4 is 17.7 Å². The van der Waals surface area contributed by atoms with E-state index in [4.69, 9.17) is 4.42 Å². The Morgan fingerprint density at radius 2 is 2.04 bits per heavy atom. The van der Waals surface area contributed by atoms with Crippen molar-refractivity contribution in [1.82, 2.24) is 19.9 Å². The third kappa shape index (κ3) is 3.46. The summed E-state index contributed by atoms with van der Waals surface area (Å²) < 4.78 is 5.51. The molecule has 1 aromatic carbocycles. The zero-order valence-corrected chi connectivity index (χ0v) is 14.4. The van der Waals surface area contributed by atoms with Crippen molar-refractivity contribution in [1.29, 1.82) is 0 Å². The van der Waals surface area contributed by atoms with Crippen LogP contribution in [-0.4, -0.2) is 44.6 Å². The SMILES string of the molecule is O=C(c1cnn(-c2ccccc2)n1)N1CCSC(c2ccco2)CC1. The van der Waals surface area contributed by atoms with Crippen molar-refractivity contribution in [3.05, 3.63) is 66.4 Å². The van der Waals surface area contributed by atoms with Gasteiger partial charge in [0, 0.05) is 18.8 Å². The lowest BCUT2D eigenvalue weighted by molar-refractivity contribution is 0.0759. The van der Waals surface area contributed by atoms with Crippen molar-refractivity contribution in [2.75, 3.05) is 18.8 Å². The maximum Gasteiger partial charge on any atom is 0.276 e. The van der Waals surface area contributed by atoms with Crippen molar-refractivity contribution in [2.45, 2.75) is 11.7 Å². The zero-order valence-electron chi connectivity index (χ0n) is 13.6. The van der Waals surface area contributed by atoms with E-state index in [0.29, 0.717) is 24.0 Å². The van der Waals surface area contributed by atoms with Gasteiger partial charge in [0.2, 0.25) is 0 Å². The highest BCUT2D eigenvalue weighted by Gasteiger charge is 2.25. The maximum absolute atomic E-state index is 12.8. The molecule has 2 aromatic heterocycles. The molecule has 0 radical (unpaired) electrons. The number of para-hydroxylation sites is 1. The first kappa shape index (κ1) is 16.0. The van der Waals surface area contributed by atoms with Gasteiger partial charge < -0.3 is 9.32 Å². The molecular weight excluding hydrogens is 336 g/mol. The third-order valence-electron chi connectivity index (χ3n) is 4.19. The molecule has 1 aliphatic rings. The van der Waals surface area contributed by atoms with Crippen LogP contribution in [0, 0.1) is 0 Å². The number of hydrogen-bond acceptors (Lipinski definition) is 5. The minimum atomic E-state index is -0.0668. The summed E-state index contributed by atoms with van der Waals surface area (Å²) in [7, 11) is 0. The van der Waals surface area contributed by atoms with Gasteiger partial charge in [0.1, 0.15) is 5.76 Å². The molecule has 0 spiro atoms. The summed E-state index contributed by atoms with van der Waals surface area (Å²) in [5.74, 6) is 1.79. The summed E-state index contributed by atoms with van der Waals surface area (Å²) in [6, 6.07) is 13.5. The second kappa shape index (κ2) is 7.14. The van der Waals surface area contributed by atoms with Gasteiger partial charge in [-0.2, -0.15) is 9.90 Å². The fourth-order valence-corrected chi connectivity index (χ4v) is 4.06. The van der Waals surface area contributed by atoms with Crippen LogP contribution >= 0.6 is 11.8 Å². The minimum absolute atomic E-state index is 0.0668. The number of thioether (sulfide) groups is 1. The Morgan fingerprint density at radius 1 is 1.16 bits per heavy atom. The van der Waals surface area contributed by atoms with Crippen molar-refractivity contribution in [3.8, 4) is 5.69 Å². The summed E-state index contributed by atoms with van der Waals surface area (Å²) in [6.07, 6.45) is 4.11. The monoisotopic (exact) mass is 354 g/mol. The highest BCUT2D eigenvalue weighted by atomic mass is 32.2. The number of furan rings is 1. The van der Waals surface area contributed by atoms with Crippen molar-refractivity contribution in [2.24, 2.45) is 0 Å². The molecule has 0 bridgehead atoms. The molecule has 3 aromatic rings. The number of nitrogens with zero attached hydrogens (tertiary/aromatic N) is 4. The van der Waals surface area contributed by atoms with Crippen LogP contribution in [0.3, 0.4) is 0 Å². The molecule has 3 heterocycles. The van der Waals surface area contributed by atoms with E-state index in [-0.39, 0.29) is 5.91 Å². The van der Waals surface area contributed by atoms with Crippen LogP contribution in [0.2, 0.25) is 0 Å². The average Bonchev–Trinajstić information content (AvgIpc) is 3.30. The first-order chi connectivity index (χ1) is 12.3. The second-order valence-electron chi connectivity index (χ2n) is 5.81. The van der Waals surface area contributed by atoms with Crippen LogP contribution in [-0.2, 0) is 0 Å². The fraction of sp³-hybridized carbons (Fsp3) is 0.278. The zero-order chi connectivity index (χ0) is 17.1. The average molecular weight is 354 g/mol. The largest absolute Gasteiger partial charge is 0.468 e. The molecular formula is C18H18N4O2S. The molecule has 0 saturated carbocycles. The molecule has 0 N–H and O–H groups in total. The summed E-state index contributed by atoms with van der Waals surface area (Å²) in [5, 5.41) is 8.86. The van der Waals surface area contributed by atoms with E-state index < -0.39 is 0 Å². The normalized spacial score (nSPS) is 18.1. The summed E-state index contributed by atoms with van der Waals surface area (Å²) in [6.45, 7) is 1.40. The van der Waals surface area contributed by atoms with Gasteiger partial charge in [-0.1, -0.05) is 18.2 Å². The first-order valence-corrected chi connectivity index (χ1v) is 9.28. The maximum atomic E-state index is 12.8. The Hall–Kier alpha value is -2.54. The standard InChI is InChI=1S/C18H18N4O2S/c23-18(15-13-19-22(20-15)14-5-2-1-3-6-14)21-9-8-17(25-12-10-21)16-7-4-11-24-16/h1-7,11,13,17H,8-10,12H2. The number of carbonyl (C=O) groups excluding carboxylic acids is 1. The minimum Gasteiger partial charge on any atom is -0.468 e. The van der Waals surface area contributed by atoms with Crippen LogP contribution in [0.1, 0.15) is 27.9 Å². The van der Waals surface area contributed by atoms with Crippen molar-refractivity contribution in [3.63, 3.8) is 0 Å². The van der Waals surface area contributed by atoms with E-state index >= 15 is 0 Å². The number of rotatable bonds is 3. The molecule has 1 fully saturated rings. The van der Waals surface area contributed by atoms with Gasteiger partial charge in [0.05, 0.1) is 23.4 Å². The Bertz CT molecular complexity index is 832. The van der Waals surface area contributed by atoms with E-state index in [1.165, 1.54) is 11.0 Å². The number of benzene rings is 1. The molecule has 1 amide bonds. The fourth-order valence-electron chi connectivity index (χ4n) is 2.88. The first-order valence-electron chi connectivity index (χ1n) is 8.23. The lowest BCUT2D eigenvalue weighted by atomic mass is 10.2. The Labute approximate surface area is 149 Å². The van der Waals surface area contributed by atoms with E-state index in [0.717, 1.165) is 23.6 Å². The Morgan fingerprint density at radius 3 is 2.84 bits per heavy atom. The molecule has 0 aliphatic carbocycles. The molecule has 1 saturated heterocycles. The van der Waals surface area contributed by atoms with E-state index in [1.54, 1.807) is 6.26 Å². The van der Waals surface area contributed by atoms with Gasteiger partial charge in [-0.3, -0.25) is 4.79 Å². The Balaban J connectivity index is 1.45. The van der Waals surface area contributed by atoms with Gasteiger partial charge >= 0.3 is 0 Å². The Kier molecular flexibility index (Phi) is 4.56. The van der Waals surface area contributed by atoms with Gasteiger partial charge in [0.25, 0.3) is 5.91 Å². The smallest absolute Gasteiger partial charge is 0.276 e. The number of amides is 1. The highest BCUT2D eigenvalue weighted by molar-refractivity contribution is 7.99. The molecule has 25 heavy (non-hydrogen) atoms. The van der Waals surface area contributed by atoms with Crippen LogP contribution in [0.4, 0.5) is 0 Å². The predicted octanol–water partition coefficient (Wildman–Crippen LogP) is 3.18. The van der Waals surface area contributed by atoms with Gasteiger partial charge in [-0.15, -0.1) is 16.9 Å². The molecule has 1 aliphatic heterocycles. The van der Waals surface area contributed by atoms with Gasteiger partial charge in [-0.25, -0.2) is 0 Å². The topological polar surface area (TPSA) is 64.2 Å². The molecule has 6 nitrogen and oxygen atoms in total. The van der Waals surface area contributed by atoms with E-state index in [9.17, 15) is 4.79 Å².